The maximum absolute atomic E-state index is 12.4. The molecule has 33 heavy (non-hydrogen) atoms. The lowest BCUT2D eigenvalue weighted by Crippen LogP contribution is -2.51. The number of amides is 1. The van der Waals surface area contributed by atoms with Gasteiger partial charge in [-0.3, -0.25) is 4.79 Å². The quantitative estimate of drug-likeness (QED) is 0.573. The summed E-state index contributed by atoms with van der Waals surface area (Å²) >= 11 is 0. The van der Waals surface area contributed by atoms with Crippen molar-refractivity contribution in [3.63, 3.8) is 0 Å². The van der Waals surface area contributed by atoms with Crippen LogP contribution >= 0.6 is 0 Å². The zero-order valence-corrected chi connectivity index (χ0v) is 20.3. The molecule has 0 radical (unpaired) electrons. The molecule has 1 aromatic rings. The Morgan fingerprint density at radius 3 is 2.76 bits per heavy atom. The van der Waals surface area contributed by atoms with Crippen molar-refractivity contribution in [3.05, 3.63) is 35.8 Å². The van der Waals surface area contributed by atoms with Gasteiger partial charge >= 0.3 is 0 Å². The SMILES string of the molecule is CC(=O)N1N=C(C2CC[C@H]3[C@@H]4CC=C5CC(O)CC[C@]5(C)[C@H]4CC[C@]23C)CC1c1ccco1. The van der Waals surface area contributed by atoms with Crippen LogP contribution in [0.5, 0.6) is 0 Å². The van der Waals surface area contributed by atoms with E-state index in [0.717, 1.165) is 49.2 Å². The Morgan fingerprint density at radius 1 is 1.15 bits per heavy atom. The number of carbonyl (C=O) groups is 1. The standard InChI is InChI=1S/C28H38N2O3/c1-17(31)30-25(26-5-4-14-33-26)16-24(29-30)23-9-8-21-20-7-6-18-15-19(32)10-12-27(18,2)22(20)11-13-28(21,23)3/h4-6,14,19-23,25,32H,7-13,15-16H2,1-3H3/t19?,20-,21-,22-,23?,25?,27-,28-/m0/s1. The Balaban J connectivity index is 1.27. The van der Waals surface area contributed by atoms with Crippen LogP contribution in [0.2, 0.25) is 0 Å². The van der Waals surface area contributed by atoms with Gasteiger partial charge in [-0.15, -0.1) is 0 Å². The Hall–Kier alpha value is -1.88. The molecule has 1 N–H and O–H groups in total. The summed E-state index contributed by atoms with van der Waals surface area (Å²) in [5, 5.41) is 16.9. The smallest absolute Gasteiger partial charge is 0.240 e. The number of allylic oxidation sites excluding steroid dienone is 1. The number of hydrogen-bond acceptors (Lipinski definition) is 4. The molecule has 3 fully saturated rings. The van der Waals surface area contributed by atoms with E-state index in [2.05, 4.69) is 19.9 Å². The number of hydrogen-bond donors (Lipinski definition) is 1. The number of carbonyl (C=O) groups excluding carboxylic acids is 1. The van der Waals surface area contributed by atoms with Crippen LogP contribution in [0.1, 0.15) is 90.4 Å². The fourth-order valence-corrected chi connectivity index (χ4v) is 8.93. The molecule has 8 atom stereocenters. The van der Waals surface area contributed by atoms with Gasteiger partial charge in [0, 0.05) is 25.0 Å². The number of aliphatic hydroxyl groups is 1. The van der Waals surface area contributed by atoms with Crippen LogP contribution in [0, 0.1) is 34.5 Å². The average Bonchev–Trinajstić information content (AvgIpc) is 3.51. The Kier molecular flexibility index (Phi) is 4.96. The second-order valence-corrected chi connectivity index (χ2v) is 12.0. The van der Waals surface area contributed by atoms with Gasteiger partial charge in [0.25, 0.3) is 0 Å². The van der Waals surface area contributed by atoms with E-state index < -0.39 is 0 Å². The molecule has 0 aromatic carbocycles. The third-order valence-electron chi connectivity index (χ3n) is 10.6. The van der Waals surface area contributed by atoms with Crippen molar-refractivity contribution in [1.82, 2.24) is 5.01 Å². The molecule has 3 saturated carbocycles. The Labute approximate surface area is 197 Å². The first kappa shape index (κ1) is 21.6. The van der Waals surface area contributed by atoms with Gasteiger partial charge in [0.15, 0.2) is 0 Å². The van der Waals surface area contributed by atoms with Crippen LogP contribution in [0.3, 0.4) is 0 Å². The number of furan rings is 1. The molecule has 4 aliphatic carbocycles. The van der Waals surface area contributed by atoms with Gasteiger partial charge in [0.2, 0.25) is 5.91 Å². The second kappa shape index (κ2) is 7.56. The third-order valence-corrected chi connectivity index (χ3v) is 10.6. The molecule has 1 amide bonds. The summed E-state index contributed by atoms with van der Waals surface area (Å²) in [5.41, 5.74) is 3.30. The normalized spacial score (nSPS) is 44.5. The van der Waals surface area contributed by atoms with E-state index in [4.69, 9.17) is 9.52 Å². The Morgan fingerprint density at radius 2 is 2.00 bits per heavy atom. The lowest BCUT2D eigenvalue weighted by Gasteiger charge is -2.58. The number of hydrazone groups is 1. The van der Waals surface area contributed by atoms with Crippen molar-refractivity contribution in [2.24, 2.45) is 39.6 Å². The van der Waals surface area contributed by atoms with Gasteiger partial charge in [0.1, 0.15) is 11.8 Å². The summed E-state index contributed by atoms with van der Waals surface area (Å²) in [7, 11) is 0. The van der Waals surface area contributed by atoms with Crippen LogP contribution < -0.4 is 0 Å². The zero-order valence-electron chi connectivity index (χ0n) is 20.3. The van der Waals surface area contributed by atoms with Crippen molar-refractivity contribution in [2.75, 3.05) is 0 Å². The van der Waals surface area contributed by atoms with E-state index in [9.17, 15) is 9.90 Å². The van der Waals surface area contributed by atoms with Crippen LogP contribution in [-0.4, -0.2) is 27.8 Å². The van der Waals surface area contributed by atoms with Crippen LogP contribution in [-0.2, 0) is 4.79 Å². The van der Waals surface area contributed by atoms with E-state index >= 15 is 0 Å². The first-order valence-corrected chi connectivity index (χ1v) is 13.1. The van der Waals surface area contributed by atoms with E-state index in [-0.39, 0.29) is 28.9 Å². The van der Waals surface area contributed by atoms with Crippen molar-refractivity contribution < 1.29 is 14.3 Å². The van der Waals surface area contributed by atoms with Gasteiger partial charge < -0.3 is 9.52 Å². The Bertz CT molecular complexity index is 997. The predicted molar refractivity (Wildman–Crippen MR) is 127 cm³/mol. The molecule has 2 heterocycles. The minimum absolute atomic E-state index is 0.00725. The van der Waals surface area contributed by atoms with Gasteiger partial charge in [-0.2, -0.15) is 5.10 Å². The number of nitrogens with zero attached hydrogens (tertiary/aromatic N) is 2. The van der Waals surface area contributed by atoms with E-state index in [1.165, 1.54) is 37.8 Å². The molecule has 1 aliphatic heterocycles. The highest BCUT2D eigenvalue weighted by molar-refractivity contribution is 5.92. The molecular weight excluding hydrogens is 412 g/mol. The van der Waals surface area contributed by atoms with Crippen LogP contribution in [0.25, 0.3) is 0 Å². The van der Waals surface area contributed by atoms with E-state index in [0.29, 0.717) is 5.92 Å². The predicted octanol–water partition coefficient (Wildman–Crippen LogP) is 5.87. The molecule has 0 spiro atoms. The number of rotatable bonds is 2. The molecule has 6 rings (SSSR count). The summed E-state index contributed by atoms with van der Waals surface area (Å²) < 4.78 is 5.69. The molecule has 5 aliphatic rings. The maximum atomic E-state index is 12.4. The van der Waals surface area contributed by atoms with E-state index in [1.54, 1.807) is 23.8 Å². The molecule has 3 unspecified atom stereocenters. The topological polar surface area (TPSA) is 66.0 Å². The van der Waals surface area contributed by atoms with Crippen LogP contribution in [0.15, 0.2) is 39.6 Å². The summed E-state index contributed by atoms with van der Waals surface area (Å²) in [6.07, 6.45) is 14.0. The molecular formula is C28H38N2O3. The van der Waals surface area contributed by atoms with Crippen molar-refractivity contribution in [3.8, 4) is 0 Å². The monoisotopic (exact) mass is 450 g/mol. The molecule has 5 nitrogen and oxygen atoms in total. The summed E-state index contributed by atoms with van der Waals surface area (Å²) in [6.45, 7) is 6.63. The minimum atomic E-state index is -0.141. The number of aliphatic hydroxyl groups excluding tert-OH is 1. The zero-order chi connectivity index (χ0) is 23.0. The largest absolute Gasteiger partial charge is 0.467 e. The maximum Gasteiger partial charge on any atom is 0.240 e. The summed E-state index contributed by atoms with van der Waals surface area (Å²) in [4.78, 5) is 12.4. The highest BCUT2D eigenvalue weighted by Crippen LogP contribution is 2.66. The number of fused-ring (bicyclic) bond motifs is 5. The first-order valence-electron chi connectivity index (χ1n) is 13.1. The summed E-state index contributed by atoms with van der Waals surface area (Å²) in [6, 6.07) is 3.77. The van der Waals surface area contributed by atoms with E-state index in [1.807, 2.05) is 12.1 Å². The molecule has 178 valence electrons. The van der Waals surface area contributed by atoms with Gasteiger partial charge in [-0.25, -0.2) is 5.01 Å². The summed E-state index contributed by atoms with van der Waals surface area (Å²) in [5.74, 6) is 3.49. The van der Waals surface area contributed by atoms with Gasteiger partial charge in [-0.1, -0.05) is 25.5 Å². The molecule has 0 saturated heterocycles. The average molecular weight is 451 g/mol. The molecule has 5 heteroatoms. The van der Waals surface area contributed by atoms with Crippen molar-refractivity contribution in [1.29, 1.82) is 0 Å². The lowest BCUT2D eigenvalue weighted by atomic mass is 9.47. The third kappa shape index (κ3) is 3.14. The fraction of sp³-hybridized carbons (Fsp3) is 0.714. The fourth-order valence-electron chi connectivity index (χ4n) is 8.93. The van der Waals surface area contributed by atoms with Crippen molar-refractivity contribution in [2.45, 2.75) is 90.7 Å². The van der Waals surface area contributed by atoms with Crippen molar-refractivity contribution >= 4 is 11.6 Å². The molecule has 1 aromatic heterocycles. The highest BCUT2D eigenvalue weighted by atomic mass is 16.3. The van der Waals surface area contributed by atoms with Gasteiger partial charge in [-0.05, 0) is 92.1 Å². The van der Waals surface area contributed by atoms with Crippen LogP contribution in [0.4, 0.5) is 0 Å². The van der Waals surface area contributed by atoms with Gasteiger partial charge in [0.05, 0.1) is 12.4 Å². The molecule has 0 bridgehead atoms. The lowest BCUT2D eigenvalue weighted by molar-refractivity contribution is -0.130. The highest BCUT2D eigenvalue weighted by Gasteiger charge is 2.60. The minimum Gasteiger partial charge on any atom is -0.467 e. The second-order valence-electron chi connectivity index (χ2n) is 12.0. The first-order chi connectivity index (χ1) is 15.8.